The highest BCUT2D eigenvalue weighted by molar-refractivity contribution is 5.50. The summed E-state index contributed by atoms with van der Waals surface area (Å²) in [4.78, 5) is 12.9. The van der Waals surface area contributed by atoms with Crippen LogP contribution in [0.2, 0.25) is 0 Å². The lowest BCUT2D eigenvalue weighted by molar-refractivity contribution is 0.290. The van der Waals surface area contributed by atoms with Crippen LogP contribution in [-0.4, -0.2) is 48.4 Å². The van der Waals surface area contributed by atoms with Crippen molar-refractivity contribution in [2.45, 2.75) is 19.3 Å². The van der Waals surface area contributed by atoms with Crippen LogP contribution in [-0.2, 0) is 0 Å². The molecule has 94 valence electrons. The van der Waals surface area contributed by atoms with E-state index in [-0.39, 0.29) is 6.61 Å². The first-order valence-electron chi connectivity index (χ1n) is 6.20. The van der Waals surface area contributed by atoms with Gasteiger partial charge < -0.3 is 14.9 Å². The smallest absolute Gasteiger partial charge is 0.134 e. The Hall–Kier alpha value is -1.36. The van der Waals surface area contributed by atoms with E-state index >= 15 is 0 Å². The lowest BCUT2D eigenvalue weighted by atomic mass is 10.4. The van der Waals surface area contributed by atoms with E-state index in [0.717, 1.165) is 37.7 Å². The Bertz CT molecular complexity index is 352. The number of aliphatic hydroxyl groups is 1. The zero-order chi connectivity index (χ0) is 12.1. The maximum Gasteiger partial charge on any atom is 0.134 e. The van der Waals surface area contributed by atoms with Gasteiger partial charge >= 0.3 is 0 Å². The molecule has 0 aromatic carbocycles. The standard InChI is InChI=1S/C12H20N4O/c1-15(5-4-8-17)11-9-12(14-10-13-11)16-6-2-3-7-16/h9-10,17H,2-8H2,1H3. The number of aromatic nitrogens is 2. The number of anilines is 2. The van der Waals surface area contributed by atoms with Crippen LogP contribution in [0.4, 0.5) is 11.6 Å². The van der Waals surface area contributed by atoms with Crippen LogP contribution < -0.4 is 9.80 Å². The lowest BCUT2D eigenvalue weighted by Crippen LogP contribution is -2.23. The molecule has 0 spiro atoms. The van der Waals surface area contributed by atoms with Crippen LogP contribution in [0.1, 0.15) is 19.3 Å². The molecule has 17 heavy (non-hydrogen) atoms. The first-order valence-corrected chi connectivity index (χ1v) is 6.20. The fraction of sp³-hybridized carbons (Fsp3) is 0.667. The van der Waals surface area contributed by atoms with E-state index in [0.29, 0.717) is 0 Å². The van der Waals surface area contributed by atoms with Gasteiger partial charge in [0.25, 0.3) is 0 Å². The second-order valence-electron chi connectivity index (χ2n) is 4.43. The van der Waals surface area contributed by atoms with Crippen molar-refractivity contribution in [2.75, 3.05) is 43.1 Å². The van der Waals surface area contributed by atoms with Crippen LogP contribution in [0.25, 0.3) is 0 Å². The van der Waals surface area contributed by atoms with Crippen molar-refractivity contribution in [3.8, 4) is 0 Å². The highest BCUT2D eigenvalue weighted by Gasteiger charge is 2.14. The van der Waals surface area contributed by atoms with Crippen molar-refractivity contribution < 1.29 is 5.11 Å². The van der Waals surface area contributed by atoms with Crippen molar-refractivity contribution in [3.63, 3.8) is 0 Å². The highest BCUT2D eigenvalue weighted by Crippen LogP contribution is 2.20. The van der Waals surface area contributed by atoms with Crippen molar-refractivity contribution in [3.05, 3.63) is 12.4 Å². The molecule has 0 unspecified atom stereocenters. The summed E-state index contributed by atoms with van der Waals surface area (Å²) < 4.78 is 0. The van der Waals surface area contributed by atoms with Gasteiger partial charge in [0.15, 0.2) is 0 Å². The molecule has 5 heteroatoms. The van der Waals surface area contributed by atoms with Gasteiger partial charge in [-0.1, -0.05) is 0 Å². The third-order valence-electron chi connectivity index (χ3n) is 3.11. The van der Waals surface area contributed by atoms with Crippen LogP contribution in [0.5, 0.6) is 0 Å². The second kappa shape index (κ2) is 5.82. The molecule has 1 aliphatic rings. The van der Waals surface area contributed by atoms with E-state index in [1.165, 1.54) is 12.8 Å². The average molecular weight is 236 g/mol. The minimum absolute atomic E-state index is 0.217. The first kappa shape index (κ1) is 12.1. The third-order valence-corrected chi connectivity index (χ3v) is 3.11. The van der Waals surface area contributed by atoms with Gasteiger partial charge in [0.1, 0.15) is 18.0 Å². The Balaban J connectivity index is 2.05. The minimum Gasteiger partial charge on any atom is -0.396 e. The van der Waals surface area contributed by atoms with Crippen molar-refractivity contribution in [1.29, 1.82) is 0 Å². The Labute approximate surface area is 102 Å². The molecule has 1 aromatic rings. The molecule has 1 aromatic heterocycles. The van der Waals surface area contributed by atoms with E-state index < -0.39 is 0 Å². The summed E-state index contributed by atoms with van der Waals surface area (Å²) in [6.07, 6.45) is 4.89. The van der Waals surface area contributed by atoms with Gasteiger partial charge in [-0.05, 0) is 19.3 Å². The zero-order valence-corrected chi connectivity index (χ0v) is 10.3. The molecule has 1 saturated heterocycles. The van der Waals surface area contributed by atoms with Gasteiger partial charge in [0.05, 0.1) is 0 Å². The summed E-state index contributed by atoms with van der Waals surface area (Å²) in [5.74, 6) is 1.94. The SMILES string of the molecule is CN(CCCO)c1cc(N2CCCC2)ncn1. The maximum atomic E-state index is 8.82. The molecule has 5 nitrogen and oxygen atoms in total. The van der Waals surface area contributed by atoms with Gasteiger partial charge in [-0.25, -0.2) is 9.97 Å². The van der Waals surface area contributed by atoms with Gasteiger partial charge in [-0.3, -0.25) is 0 Å². The predicted molar refractivity (Wildman–Crippen MR) is 68.5 cm³/mol. The lowest BCUT2D eigenvalue weighted by Gasteiger charge is -2.21. The second-order valence-corrected chi connectivity index (χ2v) is 4.43. The molecule has 1 N–H and O–H groups in total. The summed E-state index contributed by atoms with van der Waals surface area (Å²) >= 11 is 0. The Morgan fingerprint density at radius 3 is 2.82 bits per heavy atom. The molecular weight excluding hydrogens is 216 g/mol. The number of hydrogen-bond donors (Lipinski definition) is 1. The van der Waals surface area contributed by atoms with Crippen LogP contribution in [0, 0.1) is 0 Å². The topological polar surface area (TPSA) is 52.5 Å². The maximum absolute atomic E-state index is 8.82. The van der Waals surface area contributed by atoms with Crippen molar-refractivity contribution >= 4 is 11.6 Å². The Morgan fingerprint density at radius 1 is 1.35 bits per heavy atom. The molecule has 1 fully saturated rings. The fourth-order valence-electron chi connectivity index (χ4n) is 2.09. The molecule has 0 saturated carbocycles. The molecule has 0 amide bonds. The summed E-state index contributed by atoms with van der Waals surface area (Å²) in [7, 11) is 1.99. The van der Waals surface area contributed by atoms with Crippen LogP contribution in [0.3, 0.4) is 0 Å². The van der Waals surface area contributed by atoms with E-state index in [1.54, 1.807) is 6.33 Å². The number of rotatable bonds is 5. The molecule has 0 radical (unpaired) electrons. The number of aliphatic hydroxyl groups excluding tert-OH is 1. The average Bonchev–Trinajstić information content (AvgIpc) is 2.90. The van der Waals surface area contributed by atoms with Gasteiger partial charge in [-0.15, -0.1) is 0 Å². The third kappa shape index (κ3) is 3.06. The summed E-state index contributed by atoms with van der Waals surface area (Å²) in [6.45, 7) is 3.22. The van der Waals surface area contributed by atoms with Crippen LogP contribution >= 0.6 is 0 Å². The van der Waals surface area contributed by atoms with Gasteiger partial charge in [-0.2, -0.15) is 0 Å². The van der Waals surface area contributed by atoms with E-state index in [1.807, 2.05) is 13.1 Å². The molecule has 1 aliphatic heterocycles. The normalized spacial score (nSPS) is 15.3. The molecule has 0 aliphatic carbocycles. The van der Waals surface area contributed by atoms with Gasteiger partial charge in [0.2, 0.25) is 0 Å². The molecule has 0 bridgehead atoms. The molecule has 0 atom stereocenters. The van der Waals surface area contributed by atoms with Crippen molar-refractivity contribution in [1.82, 2.24) is 9.97 Å². The fourth-order valence-corrected chi connectivity index (χ4v) is 2.09. The predicted octanol–water partition coefficient (Wildman–Crippen LogP) is 0.895. The van der Waals surface area contributed by atoms with E-state index in [9.17, 15) is 0 Å². The zero-order valence-electron chi connectivity index (χ0n) is 10.3. The van der Waals surface area contributed by atoms with E-state index in [2.05, 4.69) is 19.8 Å². The molecule has 2 heterocycles. The van der Waals surface area contributed by atoms with E-state index in [4.69, 9.17) is 5.11 Å². The monoisotopic (exact) mass is 236 g/mol. The minimum atomic E-state index is 0.217. The largest absolute Gasteiger partial charge is 0.396 e. The summed E-state index contributed by atoms with van der Waals surface area (Å²) in [5.41, 5.74) is 0. The van der Waals surface area contributed by atoms with Crippen LogP contribution in [0.15, 0.2) is 12.4 Å². The van der Waals surface area contributed by atoms with Gasteiger partial charge in [0, 0.05) is 39.4 Å². The first-order chi connectivity index (χ1) is 8.31. The van der Waals surface area contributed by atoms with Crippen molar-refractivity contribution in [2.24, 2.45) is 0 Å². The highest BCUT2D eigenvalue weighted by atomic mass is 16.3. The summed E-state index contributed by atoms with van der Waals surface area (Å²) in [5, 5.41) is 8.82. The molecule has 2 rings (SSSR count). The Morgan fingerprint density at radius 2 is 2.12 bits per heavy atom. The number of nitrogens with zero attached hydrogens (tertiary/aromatic N) is 4. The Kier molecular flexibility index (Phi) is 4.14. The summed E-state index contributed by atoms with van der Waals surface area (Å²) in [6, 6.07) is 2.03. The number of hydrogen-bond acceptors (Lipinski definition) is 5. The quantitative estimate of drug-likeness (QED) is 0.823. The molecular formula is C12H20N4O.